The second-order valence-corrected chi connectivity index (χ2v) is 3.10. The van der Waals surface area contributed by atoms with Gasteiger partial charge in [-0.25, -0.2) is 4.39 Å². The highest BCUT2D eigenvalue weighted by Crippen LogP contribution is 2.25. The van der Waals surface area contributed by atoms with E-state index in [9.17, 15) is 17.6 Å². The van der Waals surface area contributed by atoms with Crippen LogP contribution >= 0.6 is 0 Å². The zero-order valence-electron chi connectivity index (χ0n) is 8.01. The SMILES string of the molecule is COC(Cc1ccc(F)cc1)C(F)(F)F. The van der Waals surface area contributed by atoms with Crippen molar-refractivity contribution in [3.05, 3.63) is 35.6 Å². The molecule has 1 atom stereocenters. The second-order valence-electron chi connectivity index (χ2n) is 3.10. The Bertz CT molecular complexity index is 304. The van der Waals surface area contributed by atoms with Crippen molar-refractivity contribution in [2.45, 2.75) is 18.7 Å². The van der Waals surface area contributed by atoms with Gasteiger partial charge in [-0.05, 0) is 17.7 Å². The lowest BCUT2D eigenvalue weighted by molar-refractivity contribution is -0.212. The Hall–Kier alpha value is -1.10. The molecular weight excluding hydrogens is 212 g/mol. The Morgan fingerprint density at radius 3 is 2.13 bits per heavy atom. The first kappa shape index (κ1) is 12.0. The van der Waals surface area contributed by atoms with Gasteiger partial charge in [-0.15, -0.1) is 0 Å². The van der Waals surface area contributed by atoms with E-state index in [0.717, 1.165) is 19.2 Å². The number of halogens is 4. The van der Waals surface area contributed by atoms with Crippen molar-refractivity contribution >= 4 is 0 Å². The maximum absolute atomic E-state index is 12.5. The summed E-state index contributed by atoms with van der Waals surface area (Å²) in [7, 11) is 1.00. The van der Waals surface area contributed by atoms with Crippen LogP contribution in [0.25, 0.3) is 0 Å². The van der Waals surface area contributed by atoms with Crippen molar-refractivity contribution in [1.29, 1.82) is 0 Å². The highest BCUT2D eigenvalue weighted by molar-refractivity contribution is 5.17. The van der Waals surface area contributed by atoms with Crippen LogP contribution in [0.2, 0.25) is 0 Å². The molecule has 0 heterocycles. The summed E-state index contributed by atoms with van der Waals surface area (Å²) in [5.41, 5.74) is 0.389. The molecule has 1 unspecified atom stereocenters. The molecule has 0 N–H and O–H groups in total. The van der Waals surface area contributed by atoms with Crippen molar-refractivity contribution < 1.29 is 22.3 Å². The van der Waals surface area contributed by atoms with Crippen molar-refractivity contribution in [2.24, 2.45) is 0 Å². The van der Waals surface area contributed by atoms with E-state index in [1.807, 2.05) is 0 Å². The fourth-order valence-corrected chi connectivity index (χ4v) is 1.17. The lowest BCUT2D eigenvalue weighted by Gasteiger charge is -2.18. The van der Waals surface area contributed by atoms with Gasteiger partial charge in [-0.1, -0.05) is 12.1 Å². The summed E-state index contributed by atoms with van der Waals surface area (Å²) in [5, 5.41) is 0. The zero-order chi connectivity index (χ0) is 11.5. The Morgan fingerprint density at radius 2 is 1.73 bits per heavy atom. The lowest BCUT2D eigenvalue weighted by atomic mass is 10.1. The summed E-state index contributed by atoms with van der Waals surface area (Å²) < 4.78 is 53.7. The summed E-state index contributed by atoms with van der Waals surface area (Å²) in [6.07, 6.45) is -6.55. The predicted octanol–water partition coefficient (Wildman–Crippen LogP) is 2.95. The van der Waals surface area contributed by atoms with Crippen molar-refractivity contribution in [3.63, 3.8) is 0 Å². The topological polar surface area (TPSA) is 9.23 Å². The molecule has 84 valence electrons. The molecule has 1 aromatic carbocycles. The number of ether oxygens (including phenoxy) is 1. The summed E-state index contributed by atoms with van der Waals surface area (Å²) in [4.78, 5) is 0. The minimum atomic E-state index is -4.40. The molecule has 0 spiro atoms. The van der Waals surface area contributed by atoms with Gasteiger partial charge >= 0.3 is 6.18 Å². The number of methoxy groups -OCH3 is 1. The lowest BCUT2D eigenvalue weighted by Crippen LogP contribution is -2.32. The van der Waals surface area contributed by atoms with Crippen molar-refractivity contribution in [1.82, 2.24) is 0 Å². The van der Waals surface area contributed by atoms with E-state index in [-0.39, 0.29) is 6.42 Å². The van der Waals surface area contributed by atoms with Gasteiger partial charge in [-0.3, -0.25) is 0 Å². The van der Waals surface area contributed by atoms with Gasteiger partial charge < -0.3 is 4.74 Å². The molecule has 0 saturated carbocycles. The van der Waals surface area contributed by atoms with Crippen LogP contribution in [0.3, 0.4) is 0 Å². The van der Waals surface area contributed by atoms with Gasteiger partial charge in [0.05, 0.1) is 0 Å². The van der Waals surface area contributed by atoms with Gasteiger partial charge in [0.1, 0.15) is 5.82 Å². The third kappa shape index (κ3) is 3.51. The average molecular weight is 222 g/mol. The van der Waals surface area contributed by atoms with Crippen LogP contribution in [0.1, 0.15) is 5.56 Å². The van der Waals surface area contributed by atoms with Crippen LogP contribution in [-0.2, 0) is 11.2 Å². The summed E-state index contributed by atoms with van der Waals surface area (Å²) in [6.45, 7) is 0. The maximum atomic E-state index is 12.5. The molecule has 0 amide bonds. The van der Waals surface area contributed by atoms with E-state index >= 15 is 0 Å². The number of benzene rings is 1. The van der Waals surface area contributed by atoms with Crippen LogP contribution in [0.15, 0.2) is 24.3 Å². The third-order valence-electron chi connectivity index (χ3n) is 1.98. The summed E-state index contributed by atoms with van der Waals surface area (Å²) in [6, 6.07) is 4.87. The van der Waals surface area contributed by atoms with Crippen LogP contribution < -0.4 is 0 Å². The predicted molar refractivity (Wildman–Crippen MR) is 47.0 cm³/mol. The fraction of sp³-hybridized carbons (Fsp3) is 0.400. The van der Waals surface area contributed by atoms with E-state index in [0.29, 0.717) is 5.56 Å². The minimum absolute atomic E-state index is 0.305. The molecule has 0 aliphatic heterocycles. The Balaban J connectivity index is 2.71. The van der Waals surface area contributed by atoms with Gasteiger partial charge in [-0.2, -0.15) is 13.2 Å². The quantitative estimate of drug-likeness (QED) is 0.714. The largest absolute Gasteiger partial charge is 0.414 e. The molecule has 0 bridgehead atoms. The van der Waals surface area contributed by atoms with Crippen molar-refractivity contribution in [2.75, 3.05) is 7.11 Å². The Labute approximate surface area is 84.7 Å². The van der Waals surface area contributed by atoms with Gasteiger partial charge in [0.25, 0.3) is 0 Å². The number of rotatable bonds is 3. The summed E-state index contributed by atoms with van der Waals surface area (Å²) in [5.74, 6) is -0.472. The molecule has 0 saturated heterocycles. The molecular formula is C10H10F4O. The van der Waals surface area contributed by atoms with Crippen molar-refractivity contribution in [3.8, 4) is 0 Å². The van der Waals surface area contributed by atoms with Crippen LogP contribution in [0.5, 0.6) is 0 Å². The number of hydrogen-bond donors (Lipinski definition) is 0. The first-order valence-corrected chi connectivity index (χ1v) is 4.27. The number of hydrogen-bond acceptors (Lipinski definition) is 1. The van der Waals surface area contributed by atoms with Crippen LogP contribution in [0, 0.1) is 5.82 Å². The maximum Gasteiger partial charge on any atom is 0.414 e. The molecule has 1 rings (SSSR count). The van der Waals surface area contributed by atoms with Gasteiger partial charge in [0.15, 0.2) is 6.10 Å². The molecule has 0 radical (unpaired) electrons. The van der Waals surface area contributed by atoms with E-state index in [2.05, 4.69) is 4.74 Å². The van der Waals surface area contributed by atoms with E-state index < -0.39 is 18.1 Å². The van der Waals surface area contributed by atoms with Crippen LogP contribution in [0.4, 0.5) is 17.6 Å². The Morgan fingerprint density at radius 1 is 1.20 bits per heavy atom. The summed E-state index contributed by atoms with van der Waals surface area (Å²) >= 11 is 0. The Kier molecular flexibility index (Phi) is 3.68. The molecule has 1 aromatic rings. The van der Waals surface area contributed by atoms with E-state index in [4.69, 9.17) is 0 Å². The van der Waals surface area contributed by atoms with Gasteiger partial charge in [0, 0.05) is 13.5 Å². The highest BCUT2D eigenvalue weighted by atomic mass is 19.4. The van der Waals surface area contributed by atoms with E-state index in [1.54, 1.807) is 0 Å². The van der Waals surface area contributed by atoms with Gasteiger partial charge in [0.2, 0.25) is 0 Å². The molecule has 1 nitrogen and oxygen atoms in total. The third-order valence-corrected chi connectivity index (χ3v) is 1.98. The smallest absolute Gasteiger partial charge is 0.372 e. The molecule has 0 aliphatic rings. The molecule has 0 aliphatic carbocycles. The van der Waals surface area contributed by atoms with Crippen LogP contribution in [-0.4, -0.2) is 19.4 Å². The molecule has 15 heavy (non-hydrogen) atoms. The standard InChI is InChI=1S/C10H10F4O/c1-15-9(10(12,13)14)6-7-2-4-8(11)5-3-7/h2-5,9H,6H2,1H3. The average Bonchev–Trinajstić information content (AvgIpc) is 2.15. The first-order chi connectivity index (χ1) is 6.93. The molecule has 5 heteroatoms. The second kappa shape index (κ2) is 4.61. The molecule has 0 aromatic heterocycles. The normalized spacial score (nSPS) is 13.9. The molecule has 0 fully saturated rings. The monoisotopic (exact) mass is 222 g/mol. The number of alkyl halides is 3. The van der Waals surface area contributed by atoms with E-state index in [1.165, 1.54) is 12.1 Å². The fourth-order valence-electron chi connectivity index (χ4n) is 1.17. The first-order valence-electron chi connectivity index (χ1n) is 4.27. The minimum Gasteiger partial charge on any atom is -0.372 e. The zero-order valence-corrected chi connectivity index (χ0v) is 8.01. The highest BCUT2D eigenvalue weighted by Gasteiger charge is 2.39.